The molecular weight excluding hydrogens is 219 g/mol. The van der Waals surface area contributed by atoms with Crippen LogP contribution in [0.3, 0.4) is 0 Å². The highest BCUT2D eigenvalue weighted by molar-refractivity contribution is 6.29. The standard InChI is InChI=1S/C7H3ClF3N3/c8-6-13-3-1-5(7(9,10)11)12-2-4(3)14-6/h1-2H,(H,13,14). The van der Waals surface area contributed by atoms with Gasteiger partial charge in [-0.1, -0.05) is 0 Å². The quantitative estimate of drug-likeness (QED) is 0.743. The van der Waals surface area contributed by atoms with Crippen molar-refractivity contribution in [3.05, 3.63) is 23.2 Å². The van der Waals surface area contributed by atoms with Crippen molar-refractivity contribution in [3.8, 4) is 0 Å². The summed E-state index contributed by atoms with van der Waals surface area (Å²) in [5, 5.41) is 0.0427. The Morgan fingerprint density at radius 3 is 2.71 bits per heavy atom. The van der Waals surface area contributed by atoms with Gasteiger partial charge in [-0.3, -0.25) is 0 Å². The van der Waals surface area contributed by atoms with Crippen LogP contribution in [0.1, 0.15) is 5.69 Å². The lowest BCUT2D eigenvalue weighted by Crippen LogP contribution is -2.07. The number of hydrogen-bond acceptors (Lipinski definition) is 2. The van der Waals surface area contributed by atoms with E-state index in [1.807, 2.05) is 0 Å². The van der Waals surface area contributed by atoms with Gasteiger partial charge in [0.15, 0.2) is 0 Å². The molecule has 0 fully saturated rings. The Labute approximate surface area is 80.9 Å². The summed E-state index contributed by atoms with van der Waals surface area (Å²) in [6.45, 7) is 0. The first-order valence-corrected chi connectivity index (χ1v) is 3.93. The first kappa shape index (κ1) is 9.26. The molecule has 3 nitrogen and oxygen atoms in total. The molecular formula is C7H3ClF3N3. The van der Waals surface area contributed by atoms with Crippen molar-refractivity contribution in [3.63, 3.8) is 0 Å². The molecule has 1 N–H and O–H groups in total. The molecule has 0 aliphatic heterocycles. The van der Waals surface area contributed by atoms with Crippen molar-refractivity contribution in [2.45, 2.75) is 6.18 Å². The maximum atomic E-state index is 12.2. The molecule has 0 aliphatic carbocycles. The van der Waals surface area contributed by atoms with E-state index in [1.54, 1.807) is 0 Å². The minimum absolute atomic E-state index is 0.0427. The van der Waals surface area contributed by atoms with Crippen molar-refractivity contribution in [2.24, 2.45) is 0 Å². The number of alkyl halides is 3. The van der Waals surface area contributed by atoms with Gasteiger partial charge in [0.05, 0.1) is 17.2 Å². The van der Waals surface area contributed by atoms with Crippen LogP contribution in [0.2, 0.25) is 5.28 Å². The molecule has 0 aliphatic rings. The molecule has 2 heterocycles. The van der Waals surface area contributed by atoms with Crippen LogP contribution in [0.25, 0.3) is 11.0 Å². The largest absolute Gasteiger partial charge is 0.433 e. The minimum Gasteiger partial charge on any atom is -0.327 e. The molecule has 2 aromatic rings. The zero-order valence-electron chi connectivity index (χ0n) is 6.56. The molecule has 0 saturated carbocycles. The first-order valence-electron chi connectivity index (χ1n) is 3.55. The zero-order chi connectivity index (χ0) is 10.3. The third-order valence-electron chi connectivity index (χ3n) is 1.63. The lowest BCUT2D eigenvalue weighted by Gasteiger charge is -2.03. The van der Waals surface area contributed by atoms with Gasteiger partial charge >= 0.3 is 6.18 Å². The summed E-state index contributed by atoms with van der Waals surface area (Å²) >= 11 is 5.47. The summed E-state index contributed by atoms with van der Waals surface area (Å²) in [6, 6.07) is 0.845. The second-order valence-electron chi connectivity index (χ2n) is 2.61. The molecule has 0 saturated heterocycles. The van der Waals surface area contributed by atoms with E-state index < -0.39 is 11.9 Å². The Bertz CT molecular complexity index is 476. The van der Waals surface area contributed by atoms with Crippen LogP contribution in [0.4, 0.5) is 13.2 Å². The maximum absolute atomic E-state index is 12.2. The number of hydrogen-bond donors (Lipinski definition) is 1. The maximum Gasteiger partial charge on any atom is 0.433 e. The molecule has 0 bridgehead atoms. The van der Waals surface area contributed by atoms with Gasteiger partial charge in [-0.05, 0) is 17.7 Å². The highest BCUT2D eigenvalue weighted by Gasteiger charge is 2.32. The Morgan fingerprint density at radius 1 is 1.36 bits per heavy atom. The van der Waals surface area contributed by atoms with Crippen LogP contribution in [-0.2, 0) is 6.18 Å². The molecule has 0 radical (unpaired) electrons. The van der Waals surface area contributed by atoms with Crippen LogP contribution >= 0.6 is 11.6 Å². The van der Waals surface area contributed by atoms with E-state index in [0.717, 1.165) is 12.3 Å². The molecule has 0 aromatic carbocycles. The summed E-state index contributed by atoms with van der Waals surface area (Å²) in [5.41, 5.74) is -0.450. The van der Waals surface area contributed by atoms with Crippen molar-refractivity contribution in [1.82, 2.24) is 15.0 Å². The van der Waals surface area contributed by atoms with Gasteiger partial charge in [0.2, 0.25) is 5.28 Å². The number of rotatable bonds is 0. The van der Waals surface area contributed by atoms with E-state index in [-0.39, 0.29) is 10.8 Å². The number of imidazole rings is 1. The van der Waals surface area contributed by atoms with Crippen molar-refractivity contribution in [2.75, 3.05) is 0 Å². The number of pyridine rings is 1. The Kier molecular flexibility index (Phi) is 1.88. The van der Waals surface area contributed by atoms with E-state index in [4.69, 9.17) is 11.6 Å². The molecule has 2 rings (SSSR count). The molecule has 14 heavy (non-hydrogen) atoms. The van der Waals surface area contributed by atoms with Gasteiger partial charge in [0.1, 0.15) is 5.69 Å². The van der Waals surface area contributed by atoms with E-state index in [9.17, 15) is 13.2 Å². The normalized spacial score (nSPS) is 12.3. The summed E-state index contributed by atoms with van der Waals surface area (Å²) in [6.07, 6.45) is -3.41. The van der Waals surface area contributed by atoms with Gasteiger partial charge in [-0.25, -0.2) is 9.97 Å². The fourth-order valence-electron chi connectivity index (χ4n) is 1.03. The van der Waals surface area contributed by atoms with Gasteiger partial charge in [0.25, 0.3) is 0 Å². The van der Waals surface area contributed by atoms with Crippen molar-refractivity contribution < 1.29 is 13.2 Å². The topological polar surface area (TPSA) is 41.6 Å². The second-order valence-corrected chi connectivity index (χ2v) is 2.97. The lowest BCUT2D eigenvalue weighted by atomic mass is 10.3. The molecule has 0 amide bonds. The Morgan fingerprint density at radius 2 is 2.07 bits per heavy atom. The highest BCUT2D eigenvalue weighted by atomic mass is 35.5. The SMILES string of the molecule is FC(F)(F)c1cc2nc(Cl)[nH]c2cn1. The fraction of sp³-hybridized carbons (Fsp3) is 0.143. The van der Waals surface area contributed by atoms with E-state index in [2.05, 4.69) is 15.0 Å². The van der Waals surface area contributed by atoms with E-state index in [1.165, 1.54) is 0 Å². The third kappa shape index (κ3) is 1.52. The minimum atomic E-state index is -4.46. The molecule has 7 heteroatoms. The molecule has 74 valence electrons. The molecule has 0 unspecified atom stereocenters. The third-order valence-corrected chi connectivity index (χ3v) is 1.81. The van der Waals surface area contributed by atoms with Crippen molar-refractivity contribution in [1.29, 1.82) is 0 Å². The number of halogens is 4. The van der Waals surface area contributed by atoms with Crippen LogP contribution in [0.15, 0.2) is 12.3 Å². The van der Waals surface area contributed by atoms with Gasteiger partial charge in [0, 0.05) is 0 Å². The van der Waals surface area contributed by atoms with Crippen LogP contribution in [-0.4, -0.2) is 15.0 Å². The number of H-pyrrole nitrogens is 1. The molecule has 0 spiro atoms. The molecule has 0 atom stereocenters. The second kappa shape index (κ2) is 2.84. The average Bonchev–Trinajstić information content (AvgIpc) is 2.41. The fourth-order valence-corrected chi connectivity index (χ4v) is 1.23. The zero-order valence-corrected chi connectivity index (χ0v) is 7.32. The summed E-state index contributed by atoms with van der Waals surface area (Å²) in [4.78, 5) is 9.46. The average molecular weight is 222 g/mol. The number of aromatic amines is 1. The van der Waals surface area contributed by atoms with E-state index in [0.29, 0.717) is 5.52 Å². The van der Waals surface area contributed by atoms with Crippen LogP contribution in [0.5, 0.6) is 0 Å². The Hall–Kier alpha value is -1.30. The summed E-state index contributed by atoms with van der Waals surface area (Å²) in [5.74, 6) is 0. The van der Waals surface area contributed by atoms with E-state index >= 15 is 0 Å². The monoisotopic (exact) mass is 221 g/mol. The molecule has 2 aromatic heterocycles. The van der Waals surface area contributed by atoms with Gasteiger partial charge < -0.3 is 4.98 Å². The summed E-state index contributed by atoms with van der Waals surface area (Å²) < 4.78 is 36.6. The highest BCUT2D eigenvalue weighted by Crippen LogP contribution is 2.29. The predicted octanol–water partition coefficient (Wildman–Crippen LogP) is 2.63. The van der Waals surface area contributed by atoms with Gasteiger partial charge in [-0.2, -0.15) is 13.2 Å². The van der Waals surface area contributed by atoms with Crippen LogP contribution in [0, 0.1) is 0 Å². The first-order chi connectivity index (χ1) is 6.47. The van der Waals surface area contributed by atoms with Crippen LogP contribution < -0.4 is 0 Å². The number of fused-ring (bicyclic) bond motifs is 1. The Balaban J connectivity index is 2.62. The summed E-state index contributed by atoms with van der Waals surface area (Å²) in [7, 11) is 0. The number of nitrogens with one attached hydrogen (secondary N) is 1. The lowest BCUT2D eigenvalue weighted by molar-refractivity contribution is -0.141. The smallest absolute Gasteiger partial charge is 0.327 e. The predicted molar refractivity (Wildman–Crippen MR) is 43.9 cm³/mol. The number of nitrogens with zero attached hydrogens (tertiary/aromatic N) is 2. The van der Waals surface area contributed by atoms with Crippen molar-refractivity contribution >= 4 is 22.6 Å². The van der Waals surface area contributed by atoms with Gasteiger partial charge in [-0.15, -0.1) is 0 Å². The number of aromatic nitrogens is 3.